The second-order valence-corrected chi connectivity index (χ2v) is 13.1. The Bertz CT molecular complexity index is 1990. The average molecular weight is 723 g/mol. The van der Waals surface area contributed by atoms with Gasteiger partial charge in [-0.25, -0.2) is 0 Å². The van der Waals surface area contributed by atoms with Crippen LogP contribution in [0.3, 0.4) is 0 Å². The fourth-order valence-electron chi connectivity index (χ4n) is 6.61. The van der Waals surface area contributed by atoms with Crippen LogP contribution in [0.25, 0.3) is 11.1 Å². The van der Waals surface area contributed by atoms with Gasteiger partial charge in [-0.3, -0.25) is 0 Å². The Labute approximate surface area is 318 Å². The zero-order chi connectivity index (χ0) is 37.0. The average Bonchev–Trinajstić information content (AvgIpc) is 3.63. The van der Waals surface area contributed by atoms with Gasteiger partial charge in [-0.1, -0.05) is 140 Å². The Morgan fingerprint density at radius 3 is 1.46 bits per heavy atom. The lowest BCUT2D eigenvalue weighted by molar-refractivity contribution is -0.200. The van der Waals surface area contributed by atoms with Gasteiger partial charge in [-0.15, -0.1) is 0 Å². The second-order valence-electron chi connectivity index (χ2n) is 13.1. The van der Waals surface area contributed by atoms with Crippen LogP contribution in [-0.2, 0) is 58.2 Å². The molecular formula is C47H46O7. The number of rotatable bonds is 17. The van der Waals surface area contributed by atoms with E-state index in [4.69, 9.17) is 33.2 Å². The van der Waals surface area contributed by atoms with E-state index in [2.05, 4.69) is 37.3 Å². The fourth-order valence-corrected chi connectivity index (χ4v) is 6.61. The number of ether oxygens (including phenoxy) is 7. The topological polar surface area (TPSA) is 64.6 Å². The molecule has 6 aromatic carbocycles. The maximum atomic E-state index is 6.71. The van der Waals surface area contributed by atoms with Crippen LogP contribution in [0.1, 0.15) is 40.3 Å². The minimum absolute atomic E-state index is 0.350. The Balaban J connectivity index is 1.26. The van der Waals surface area contributed by atoms with Gasteiger partial charge in [0.1, 0.15) is 30.5 Å². The normalized spacial score (nSPS) is 15.6. The van der Waals surface area contributed by atoms with E-state index in [-0.39, 0.29) is 0 Å². The molecule has 0 N–H and O–H groups in total. The van der Waals surface area contributed by atoms with Gasteiger partial charge in [0.05, 0.1) is 20.3 Å². The number of hydrogen-bond acceptors (Lipinski definition) is 7. The summed E-state index contributed by atoms with van der Waals surface area (Å²) in [6.45, 7) is 3.62. The molecule has 2 atom stereocenters. The van der Waals surface area contributed by atoms with Crippen LogP contribution < -0.4 is 14.2 Å². The molecule has 1 heterocycles. The van der Waals surface area contributed by atoms with Crippen LogP contribution >= 0.6 is 0 Å². The van der Waals surface area contributed by atoms with Crippen molar-refractivity contribution in [1.82, 2.24) is 0 Å². The minimum atomic E-state index is -0.754. The first kappa shape index (κ1) is 36.9. The van der Waals surface area contributed by atoms with E-state index in [1.165, 1.54) is 0 Å². The van der Waals surface area contributed by atoms with Crippen LogP contribution in [0.2, 0.25) is 0 Å². The Morgan fingerprint density at radius 2 is 0.981 bits per heavy atom. The second kappa shape index (κ2) is 18.5. The van der Waals surface area contributed by atoms with Gasteiger partial charge in [0.15, 0.2) is 6.29 Å². The van der Waals surface area contributed by atoms with Crippen LogP contribution in [0, 0.1) is 0 Å². The van der Waals surface area contributed by atoms with Crippen LogP contribution in [0.15, 0.2) is 152 Å². The standard InChI is InChI=1S/C47H46O7/c1-3-40-41(28-44-53-46(51-32-36-21-12-6-13-22-36)47(54-44)52-33-37-23-14-7-15-24-37)45(38-25-16-26-39(27-38)48-2)43(50-31-35-19-10-5-11-20-35)29-42(40)49-30-34-17-8-4-9-18-34/h4-27,29,44,46-47H,3,28,30-33H2,1-2H3/t46-,47-/m0/s1. The van der Waals surface area contributed by atoms with Crippen molar-refractivity contribution in [2.24, 2.45) is 0 Å². The summed E-state index contributed by atoms with van der Waals surface area (Å²) in [4.78, 5) is 0. The highest BCUT2D eigenvalue weighted by atomic mass is 16.9. The summed E-state index contributed by atoms with van der Waals surface area (Å²) in [5.74, 6) is 2.18. The molecule has 1 aliphatic rings. The molecule has 7 rings (SSSR count). The number of hydrogen-bond donors (Lipinski definition) is 0. The summed E-state index contributed by atoms with van der Waals surface area (Å²) in [5.41, 5.74) is 8.10. The van der Waals surface area contributed by atoms with E-state index in [0.29, 0.717) is 45.0 Å². The molecule has 7 heteroatoms. The number of benzene rings is 6. The highest BCUT2D eigenvalue weighted by Crippen LogP contribution is 2.44. The molecule has 276 valence electrons. The smallest absolute Gasteiger partial charge is 0.212 e. The zero-order valence-corrected chi connectivity index (χ0v) is 30.8. The van der Waals surface area contributed by atoms with Crippen LogP contribution in [0.4, 0.5) is 0 Å². The van der Waals surface area contributed by atoms with E-state index in [9.17, 15) is 0 Å². The summed E-state index contributed by atoms with van der Waals surface area (Å²) in [6.07, 6.45) is -1.11. The predicted octanol–water partition coefficient (Wildman–Crippen LogP) is 10.1. The highest BCUT2D eigenvalue weighted by molar-refractivity contribution is 5.78. The van der Waals surface area contributed by atoms with Gasteiger partial charge in [0, 0.05) is 18.1 Å². The third-order valence-electron chi connectivity index (χ3n) is 9.34. The minimum Gasteiger partial charge on any atom is -0.497 e. The van der Waals surface area contributed by atoms with Gasteiger partial charge in [0.25, 0.3) is 0 Å². The van der Waals surface area contributed by atoms with Crippen molar-refractivity contribution in [1.29, 1.82) is 0 Å². The molecule has 0 saturated carbocycles. The maximum absolute atomic E-state index is 6.71. The first-order valence-corrected chi connectivity index (χ1v) is 18.5. The predicted molar refractivity (Wildman–Crippen MR) is 209 cm³/mol. The Hall–Kier alpha value is -5.44. The molecule has 6 aromatic rings. The summed E-state index contributed by atoms with van der Waals surface area (Å²) < 4.78 is 44.9. The summed E-state index contributed by atoms with van der Waals surface area (Å²) in [6, 6.07) is 50.5. The van der Waals surface area contributed by atoms with E-state index in [1.807, 2.05) is 121 Å². The molecule has 0 bridgehead atoms. The molecule has 0 aromatic heterocycles. The molecule has 0 radical (unpaired) electrons. The lowest BCUT2D eigenvalue weighted by atomic mass is 9.90. The van der Waals surface area contributed by atoms with Gasteiger partial charge in [-0.05, 0) is 57.5 Å². The summed E-state index contributed by atoms with van der Waals surface area (Å²) in [7, 11) is 1.68. The molecule has 0 unspecified atom stereocenters. The number of methoxy groups -OCH3 is 1. The molecule has 54 heavy (non-hydrogen) atoms. The summed E-state index contributed by atoms with van der Waals surface area (Å²) in [5, 5.41) is 0. The third kappa shape index (κ3) is 9.56. The monoisotopic (exact) mass is 722 g/mol. The van der Waals surface area contributed by atoms with Crippen molar-refractivity contribution in [2.45, 2.75) is 65.1 Å². The molecule has 1 saturated heterocycles. The first-order chi connectivity index (χ1) is 26.7. The molecular weight excluding hydrogens is 677 g/mol. The van der Waals surface area contributed by atoms with Crippen molar-refractivity contribution in [3.8, 4) is 28.4 Å². The molecule has 0 amide bonds. The van der Waals surface area contributed by atoms with E-state index < -0.39 is 18.9 Å². The van der Waals surface area contributed by atoms with Gasteiger partial charge in [-0.2, -0.15) is 0 Å². The largest absolute Gasteiger partial charge is 0.497 e. The van der Waals surface area contributed by atoms with Gasteiger partial charge >= 0.3 is 0 Å². The van der Waals surface area contributed by atoms with Crippen molar-refractivity contribution in [3.63, 3.8) is 0 Å². The first-order valence-electron chi connectivity index (χ1n) is 18.5. The quantitative estimate of drug-likeness (QED) is 0.0929. The lowest BCUT2D eigenvalue weighted by Gasteiger charge is -2.24. The Kier molecular flexibility index (Phi) is 12.7. The van der Waals surface area contributed by atoms with Crippen molar-refractivity contribution in [3.05, 3.63) is 185 Å². The molecule has 0 spiro atoms. The van der Waals surface area contributed by atoms with E-state index in [0.717, 1.165) is 56.0 Å². The molecule has 1 aliphatic heterocycles. The van der Waals surface area contributed by atoms with Gasteiger partial charge < -0.3 is 33.2 Å². The maximum Gasteiger partial charge on any atom is 0.212 e. The van der Waals surface area contributed by atoms with Crippen molar-refractivity contribution in [2.75, 3.05) is 7.11 Å². The summed E-state index contributed by atoms with van der Waals surface area (Å²) >= 11 is 0. The highest BCUT2D eigenvalue weighted by Gasteiger charge is 2.39. The van der Waals surface area contributed by atoms with Crippen LogP contribution in [0.5, 0.6) is 17.2 Å². The SMILES string of the molecule is CCc1c(OCc2ccccc2)cc(OCc2ccccc2)c(-c2cccc(OC)c2)c1CC1O[C@H](OCc2ccccc2)[C@@H](OCc2ccccc2)O1. The van der Waals surface area contributed by atoms with Crippen LogP contribution in [-0.4, -0.2) is 26.0 Å². The van der Waals surface area contributed by atoms with Crippen molar-refractivity contribution < 1.29 is 33.2 Å². The Morgan fingerprint density at radius 1 is 0.500 bits per heavy atom. The third-order valence-corrected chi connectivity index (χ3v) is 9.34. The lowest BCUT2D eigenvalue weighted by Crippen LogP contribution is -2.28. The fraction of sp³-hybridized carbons (Fsp3) is 0.234. The van der Waals surface area contributed by atoms with Gasteiger partial charge in [0.2, 0.25) is 12.6 Å². The molecule has 0 aliphatic carbocycles. The van der Waals surface area contributed by atoms with E-state index >= 15 is 0 Å². The van der Waals surface area contributed by atoms with E-state index in [1.54, 1.807) is 7.11 Å². The molecule has 7 nitrogen and oxygen atoms in total. The van der Waals surface area contributed by atoms with Crippen molar-refractivity contribution >= 4 is 0 Å². The zero-order valence-electron chi connectivity index (χ0n) is 30.8. The molecule has 1 fully saturated rings.